The van der Waals surface area contributed by atoms with Crippen LogP contribution in [-0.2, 0) is 4.79 Å². The van der Waals surface area contributed by atoms with Gasteiger partial charge in [-0.15, -0.1) is 0 Å². The number of rotatable bonds is 18. The predicted molar refractivity (Wildman–Crippen MR) is 120 cm³/mol. The summed E-state index contributed by atoms with van der Waals surface area (Å²) in [5.74, 6) is -0.771. The SMILES string of the molecule is CCCCCCCCCCCCC([Se]c1ccccc1)C(O)CCCC(=O)O. The average molecular weight is 456 g/mol. The molecule has 0 aromatic heterocycles. The van der Waals surface area contributed by atoms with Crippen molar-refractivity contribution in [2.75, 3.05) is 0 Å². The van der Waals surface area contributed by atoms with Crippen LogP contribution in [0.2, 0.25) is 4.82 Å². The Kier molecular flexibility index (Phi) is 15.4. The summed E-state index contributed by atoms with van der Waals surface area (Å²) in [6, 6.07) is 10.4. The van der Waals surface area contributed by atoms with Crippen LogP contribution in [0.5, 0.6) is 0 Å². The van der Waals surface area contributed by atoms with E-state index in [1.807, 2.05) is 6.07 Å². The monoisotopic (exact) mass is 456 g/mol. The molecule has 4 heteroatoms. The van der Waals surface area contributed by atoms with E-state index in [2.05, 4.69) is 31.2 Å². The van der Waals surface area contributed by atoms with Gasteiger partial charge in [0.25, 0.3) is 0 Å². The third-order valence-electron chi connectivity index (χ3n) is 5.19. The third kappa shape index (κ3) is 13.4. The molecule has 1 aromatic carbocycles. The van der Waals surface area contributed by atoms with Crippen molar-refractivity contribution in [2.24, 2.45) is 0 Å². The van der Waals surface area contributed by atoms with Crippen molar-refractivity contribution in [1.82, 2.24) is 0 Å². The first-order valence-corrected chi connectivity index (χ1v) is 13.1. The Balaban J connectivity index is 2.27. The maximum absolute atomic E-state index is 10.7. The average Bonchev–Trinajstić information content (AvgIpc) is 2.69. The Morgan fingerprint density at radius 3 is 2.00 bits per heavy atom. The van der Waals surface area contributed by atoms with Crippen molar-refractivity contribution in [3.8, 4) is 0 Å². The Bertz CT molecular complexity index is 492. The first-order chi connectivity index (χ1) is 13.6. The van der Waals surface area contributed by atoms with Gasteiger partial charge in [-0.3, -0.25) is 0 Å². The van der Waals surface area contributed by atoms with Crippen LogP contribution in [0.4, 0.5) is 0 Å². The number of hydrogen-bond donors (Lipinski definition) is 2. The summed E-state index contributed by atoms with van der Waals surface area (Å²) in [6.07, 6.45) is 15.3. The third-order valence-corrected chi connectivity index (χ3v) is 8.12. The Morgan fingerprint density at radius 1 is 0.857 bits per heavy atom. The number of carboxylic acid groups (broad SMARTS) is 1. The molecule has 28 heavy (non-hydrogen) atoms. The molecule has 1 rings (SSSR count). The molecular weight excluding hydrogens is 415 g/mol. The van der Waals surface area contributed by atoms with Gasteiger partial charge in [-0.25, -0.2) is 0 Å². The summed E-state index contributed by atoms with van der Waals surface area (Å²) in [5.41, 5.74) is 0. The van der Waals surface area contributed by atoms with Gasteiger partial charge in [0.2, 0.25) is 0 Å². The zero-order valence-electron chi connectivity index (χ0n) is 17.7. The summed E-state index contributed by atoms with van der Waals surface area (Å²) in [5, 5.41) is 19.5. The van der Waals surface area contributed by atoms with Crippen LogP contribution in [0.15, 0.2) is 30.3 Å². The van der Waals surface area contributed by atoms with Crippen molar-refractivity contribution >= 4 is 25.4 Å². The molecule has 2 atom stereocenters. The topological polar surface area (TPSA) is 57.5 Å². The number of aliphatic hydroxyl groups is 1. The van der Waals surface area contributed by atoms with Gasteiger partial charge >= 0.3 is 172 Å². The number of hydrogen-bond acceptors (Lipinski definition) is 2. The van der Waals surface area contributed by atoms with Gasteiger partial charge < -0.3 is 0 Å². The zero-order valence-corrected chi connectivity index (χ0v) is 19.4. The molecular formula is C24H40O3Se. The molecule has 160 valence electrons. The van der Waals surface area contributed by atoms with E-state index >= 15 is 0 Å². The number of aliphatic carboxylic acids is 1. The van der Waals surface area contributed by atoms with Crippen molar-refractivity contribution in [3.63, 3.8) is 0 Å². The summed E-state index contributed by atoms with van der Waals surface area (Å²) in [6.45, 7) is 2.26. The summed E-state index contributed by atoms with van der Waals surface area (Å²) in [7, 11) is 0. The molecule has 0 spiro atoms. The van der Waals surface area contributed by atoms with E-state index in [9.17, 15) is 9.90 Å². The standard InChI is InChI=1S/C24H40O3Se/c1-2-3-4-5-6-7-8-9-10-14-19-23(22(25)18-15-20-24(26)27)28-21-16-12-11-13-17-21/h11-13,16-17,22-23,25H,2-10,14-15,18-20H2,1H3,(H,26,27). The Morgan fingerprint density at radius 2 is 1.43 bits per heavy atom. The van der Waals surface area contributed by atoms with Gasteiger partial charge in [0.15, 0.2) is 0 Å². The van der Waals surface area contributed by atoms with Crippen molar-refractivity contribution in [1.29, 1.82) is 0 Å². The summed E-state index contributed by atoms with van der Waals surface area (Å²) < 4.78 is 1.32. The maximum atomic E-state index is 10.7. The van der Waals surface area contributed by atoms with Crippen molar-refractivity contribution in [2.45, 2.75) is 108 Å². The molecule has 3 nitrogen and oxygen atoms in total. The van der Waals surface area contributed by atoms with Crippen LogP contribution in [0.1, 0.15) is 96.8 Å². The molecule has 0 bridgehead atoms. The second-order valence-electron chi connectivity index (χ2n) is 7.79. The Hall–Kier alpha value is -0.831. The normalized spacial score (nSPS) is 13.4. The molecule has 2 unspecified atom stereocenters. The molecule has 2 N–H and O–H groups in total. The second-order valence-corrected chi connectivity index (χ2v) is 10.5. The van der Waals surface area contributed by atoms with Crippen LogP contribution < -0.4 is 4.46 Å². The molecule has 0 saturated heterocycles. The molecule has 0 aliphatic rings. The first-order valence-electron chi connectivity index (χ1n) is 11.2. The van der Waals surface area contributed by atoms with Gasteiger partial charge in [-0.1, -0.05) is 6.92 Å². The van der Waals surface area contributed by atoms with Crippen LogP contribution >= 0.6 is 0 Å². The predicted octanol–water partition coefficient (Wildman–Crippen LogP) is 5.73. The minimum atomic E-state index is -0.771. The van der Waals surface area contributed by atoms with Crippen molar-refractivity contribution < 1.29 is 15.0 Å². The molecule has 0 radical (unpaired) electrons. The van der Waals surface area contributed by atoms with Crippen molar-refractivity contribution in [3.05, 3.63) is 30.3 Å². The van der Waals surface area contributed by atoms with Gasteiger partial charge in [-0.05, 0) is 0 Å². The van der Waals surface area contributed by atoms with E-state index in [1.54, 1.807) is 0 Å². The molecule has 0 amide bonds. The number of aliphatic hydroxyl groups excluding tert-OH is 1. The fourth-order valence-corrected chi connectivity index (χ4v) is 6.09. The summed E-state index contributed by atoms with van der Waals surface area (Å²) in [4.78, 5) is 11.0. The quantitative estimate of drug-likeness (QED) is 0.220. The molecule has 0 aliphatic heterocycles. The van der Waals surface area contributed by atoms with Gasteiger partial charge in [-0.2, -0.15) is 0 Å². The van der Waals surface area contributed by atoms with Crippen LogP contribution in [-0.4, -0.2) is 37.2 Å². The second kappa shape index (κ2) is 17.1. The number of carbonyl (C=O) groups is 1. The van der Waals surface area contributed by atoms with Gasteiger partial charge in [0.05, 0.1) is 0 Å². The first kappa shape index (κ1) is 25.2. The molecule has 0 fully saturated rings. The van der Waals surface area contributed by atoms with Crippen LogP contribution in [0, 0.1) is 0 Å². The van der Waals surface area contributed by atoms with E-state index in [0.29, 0.717) is 12.8 Å². The molecule has 1 aromatic rings. The van der Waals surface area contributed by atoms with E-state index < -0.39 is 5.97 Å². The van der Waals surface area contributed by atoms with E-state index in [0.717, 1.165) is 6.42 Å². The fraction of sp³-hybridized carbons (Fsp3) is 0.708. The van der Waals surface area contributed by atoms with E-state index in [-0.39, 0.29) is 32.3 Å². The van der Waals surface area contributed by atoms with E-state index in [4.69, 9.17) is 5.11 Å². The molecule has 0 aliphatic carbocycles. The zero-order chi connectivity index (χ0) is 20.5. The Labute approximate surface area is 178 Å². The molecule has 0 saturated carbocycles. The fourth-order valence-electron chi connectivity index (χ4n) is 3.48. The summed E-state index contributed by atoms with van der Waals surface area (Å²) >= 11 is 0.239. The van der Waals surface area contributed by atoms with Crippen LogP contribution in [0.3, 0.4) is 0 Å². The van der Waals surface area contributed by atoms with Crippen LogP contribution in [0.25, 0.3) is 0 Å². The van der Waals surface area contributed by atoms with Gasteiger partial charge in [0, 0.05) is 0 Å². The number of benzene rings is 1. The minimum absolute atomic E-state index is 0.153. The number of unbranched alkanes of at least 4 members (excludes halogenated alkanes) is 9. The molecule has 0 heterocycles. The number of carboxylic acids is 1. The van der Waals surface area contributed by atoms with E-state index in [1.165, 1.54) is 68.7 Å². The van der Waals surface area contributed by atoms with Gasteiger partial charge in [0.1, 0.15) is 0 Å².